The van der Waals surface area contributed by atoms with Gasteiger partial charge in [0.1, 0.15) is 39.6 Å². The van der Waals surface area contributed by atoms with Gasteiger partial charge in [0, 0.05) is 80.8 Å². The number of nitrogens with one attached hydrogen (secondary N) is 1. The molecule has 3 N–H and O–H groups in total. The zero-order valence-electron chi connectivity index (χ0n) is 40.4. The van der Waals surface area contributed by atoms with Crippen molar-refractivity contribution < 1.29 is 32.6 Å². The molecule has 8 heterocycles. The summed E-state index contributed by atoms with van der Waals surface area (Å²) in [7, 11) is 7.09. The number of amides is 2. The number of rotatable bonds is 13. The summed E-state index contributed by atoms with van der Waals surface area (Å²) in [6.07, 6.45) is 5.95. The van der Waals surface area contributed by atoms with E-state index in [4.69, 9.17) is 30.2 Å². The minimum atomic E-state index is -2.99. The van der Waals surface area contributed by atoms with Crippen molar-refractivity contribution in [3.05, 3.63) is 71.8 Å². The highest BCUT2D eigenvalue weighted by atomic mass is 19.3. The minimum absolute atomic E-state index is 0.00311. The third-order valence-corrected chi connectivity index (χ3v) is 15.3. The van der Waals surface area contributed by atoms with Crippen molar-refractivity contribution in [2.45, 2.75) is 83.3 Å². The van der Waals surface area contributed by atoms with Crippen LogP contribution in [0.2, 0.25) is 0 Å². The maximum absolute atomic E-state index is 14.6. The lowest BCUT2D eigenvalue weighted by Gasteiger charge is -2.30. The van der Waals surface area contributed by atoms with Crippen molar-refractivity contribution >= 4 is 61.8 Å². The van der Waals surface area contributed by atoms with Gasteiger partial charge in [0.2, 0.25) is 5.88 Å². The smallest absolute Gasteiger partial charge is 0.388 e. The van der Waals surface area contributed by atoms with Crippen LogP contribution in [-0.2, 0) is 27.2 Å². The molecule has 8 aromatic rings. The molecule has 2 aliphatic heterocycles. The van der Waals surface area contributed by atoms with Crippen molar-refractivity contribution in [2.24, 2.45) is 31.7 Å². The van der Waals surface area contributed by atoms with E-state index in [1.165, 1.54) is 6.07 Å². The first-order valence-electron chi connectivity index (χ1n) is 24.6. The summed E-state index contributed by atoms with van der Waals surface area (Å²) in [5.41, 5.74) is 13.1. The second-order valence-corrected chi connectivity index (χ2v) is 19.7. The Kier molecular flexibility index (Phi) is 10.9. The molecule has 368 valence electrons. The SMILES string of the molecule is CCn1c(-c2nc3cc(C(=O)N4C[C@H]5CC[C@@H]4[C@@H]5Nc4ccc5cc(-c6nc7cc(C(=O)N8CCC[C@@H](N)C8)cc(OC)c7n6C)n(CC6CC6)c5n4)cc(OC)c3n2C)cc2ccc(OC(F)F)nc21. The molecule has 71 heavy (non-hydrogen) atoms. The highest BCUT2D eigenvalue weighted by molar-refractivity contribution is 6.02. The summed E-state index contributed by atoms with van der Waals surface area (Å²) in [5.74, 6) is 3.67. The lowest BCUT2D eigenvalue weighted by atomic mass is 10.0. The predicted octanol–water partition coefficient (Wildman–Crippen LogP) is 7.82. The Morgan fingerprint density at radius 3 is 2.01 bits per heavy atom. The number of ether oxygens (including phenoxy) is 3. The summed E-state index contributed by atoms with van der Waals surface area (Å²) in [4.78, 5) is 52.1. The number of carbonyl (C=O) groups is 2. The Bertz CT molecular complexity index is 3450. The van der Waals surface area contributed by atoms with Crippen LogP contribution in [0, 0.1) is 11.8 Å². The Labute approximate surface area is 407 Å². The van der Waals surface area contributed by atoms with Gasteiger partial charge in [-0.15, -0.1) is 0 Å². The van der Waals surface area contributed by atoms with Crippen LogP contribution in [0.1, 0.15) is 66.2 Å². The van der Waals surface area contributed by atoms with Crippen molar-refractivity contribution in [1.82, 2.24) is 48.0 Å². The minimum Gasteiger partial charge on any atom is -0.494 e. The van der Waals surface area contributed by atoms with E-state index < -0.39 is 6.61 Å². The molecule has 2 saturated carbocycles. The summed E-state index contributed by atoms with van der Waals surface area (Å²) >= 11 is 0. The topological polar surface area (TPSA) is 178 Å². The molecule has 2 amide bonds. The van der Waals surface area contributed by atoms with Gasteiger partial charge >= 0.3 is 6.61 Å². The van der Waals surface area contributed by atoms with Gasteiger partial charge in [-0.3, -0.25) is 9.59 Å². The van der Waals surface area contributed by atoms with Crippen LogP contribution in [0.4, 0.5) is 14.6 Å². The number of carbonyl (C=O) groups excluding carboxylic acids is 2. The lowest BCUT2D eigenvalue weighted by molar-refractivity contribution is -0.0526. The Morgan fingerprint density at radius 1 is 0.761 bits per heavy atom. The molecule has 0 unspecified atom stereocenters. The Morgan fingerprint density at radius 2 is 1.39 bits per heavy atom. The number of aromatic nitrogens is 8. The number of halogens is 2. The fourth-order valence-corrected chi connectivity index (χ4v) is 11.7. The summed E-state index contributed by atoms with van der Waals surface area (Å²) < 4.78 is 50.7. The molecule has 12 rings (SSSR count). The molecule has 4 fully saturated rings. The van der Waals surface area contributed by atoms with Crippen LogP contribution in [0.25, 0.3) is 67.2 Å². The summed E-state index contributed by atoms with van der Waals surface area (Å²) in [5, 5.41) is 5.54. The van der Waals surface area contributed by atoms with E-state index in [2.05, 4.69) is 36.3 Å². The number of hydrogen-bond acceptors (Lipinski definition) is 11. The van der Waals surface area contributed by atoms with E-state index in [9.17, 15) is 18.4 Å². The predicted molar refractivity (Wildman–Crippen MR) is 265 cm³/mol. The first-order valence-corrected chi connectivity index (χ1v) is 24.6. The van der Waals surface area contributed by atoms with Gasteiger partial charge in [0.05, 0.1) is 48.7 Å². The van der Waals surface area contributed by atoms with Crippen molar-refractivity contribution in [3.8, 4) is 40.4 Å². The molecular formula is C52H56F2N12O5. The molecule has 2 aliphatic carbocycles. The van der Waals surface area contributed by atoms with Crippen LogP contribution in [0.15, 0.2) is 60.7 Å². The van der Waals surface area contributed by atoms with Crippen LogP contribution in [0.5, 0.6) is 17.4 Å². The lowest BCUT2D eigenvalue weighted by Crippen LogP contribution is -2.45. The highest BCUT2D eigenvalue weighted by Gasteiger charge is 2.49. The molecule has 2 aromatic carbocycles. The summed E-state index contributed by atoms with van der Waals surface area (Å²) in [6, 6.07) is 18.6. The number of nitrogens with zero attached hydrogens (tertiary/aromatic N) is 10. The maximum Gasteiger partial charge on any atom is 0.388 e. The van der Waals surface area contributed by atoms with Crippen LogP contribution in [-0.4, -0.2) is 118 Å². The normalized spacial score (nSPS) is 20.1. The number of piperidine rings is 2. The zero-order chi connectivity index (χ0) is 49.0. The second kappa shape index (κ2) is 17.2. The average Bonchev–Trinajstić information content (AvgIpc) is 3.72. The molecule has 0 spiro atoms. The number of fused-ring (bicyclic) bond motifs is 6. The molecule has 4 atom stereocenters. The fourth-order valence-electron chi connectivity index (χ4n) is 11.7. The van der Waals surface area contributed by atoms with Gasteiger partial charge in [0.25, 0.3) is 11.8 Å². The van der Waals surface area contributed by atoms with Gasteiger partial charge in [-0.1, -0.05) is 0 Å². The van der Waals surface area contributed by atoms with Gasteiger partial charge in [-0.05, 0) is 112 Å². The Hall–Kier alpha value is -7.28. The number of hydrogen-bond donors (Lipinski definition) is 2. The highest BCUT2D eigenvalue weighted by Crippen LogP contribution is 2.43. The number of aryl methyl sites for hydroxylation is 3. The van der Waals surface area contributed by atoms with E-state index in [1.54, 1.807) is 26.4 Å². The van der Waals surface area contributed by atoms with E-state index in [0.717, 1.165) is 95.6 Å². The molecule has 2 bridgehead atoms. The molecule has 19 heteroatoms. The number of methoxy groups -OCH3 is 2. The second-order valence-electron chi connectivity index (χ2n) is 19.7. The number of alkyl halides is 2. The molecular weight excluding hydrogens is 911 g/mol. The number of benzene rings is 2. The first kappa shape index (κ1) is 44.9. The number of pyridine rings is 2. The number of imidazole rings is 2. The van der Waals surface area contributed by atoms with E-state index >= 15 is 0 Å². The van der Waals surface area contributed by atoms with Crippen molar-refractivity contribution in [3.63, 3.8) is 0 Å². The third kappa shape index (κ3) is 7.58. The standard InChI is InChI=1S/C52H56F2N12O5/c1-6-64-37(20-29-13-16-42(60-47(29)64)71-52(53)54)48-56-35-19-32(23-40(70-5)45(35)61(48)2)51(68)66-25-30-11-14-36(66)43(30)58-41-15-12-28-21-38(65(46(28)59-41)24-27-9-10-27)49-57-34-18-31(22-39(69-4)44(34)62(49)3)50(67)63-17-7-8-33(55)26-63/h12-13,15-16,18-23,27,30,33,36,43,52H,6-11,14,17,24-26,55H2,1-5H3,(H,58,59)/t30-,33-,36-,43-/m1/s1. The quantitative estimate of drug-likeness (QED) is 0.115. The Balaban J connectivity index is 0.827. The fraction of sp³-hybridized carbons (Fsp3) is 0.423. The number of anilines is 1. The molecule has 6 aromatic heterocycles. The molecule has 4 aliphatic rings. The first-order chi connectivity index (χ1) is 34.4. The van der Waals surface area contributed by atoms with E-state index in [-0.39, 0.29) is 41.7 Å². The molecule has 2 saturated heterocycles. The van der Waals surface area contributed by atoms with Gasteiger partial charge in [-0.2, -0.15) is 13.8 Å². The van der Waals surface area contributed by atoms with Gasteiger partial charge in [-0.25, -0.2) is 15.0 Å². The van der Waals surface area contributed by atoms with E-state index in [1.807, 2.05) is 70.3 Å². The average molecular weight is 967 g/mol. The molecule has 17 nitrogen and oxygen atoms in total. The monoisotopic (exact) mass is 966 g/mol. The van der Waals surface area contributed by atoms with Crippen molar-refractivity contribution in [1.29, 1.82) is 0 Å². The number of likely N-dealkylation sites (tertiary alicyclic amines) is 2. The zero-order valence-corrected chi connectivity index (χ0v) is 40.4. The van der Waals surface area contributed by atoms with Crippen LogP contribution < -0.4 is 25.3 Å². The summed E-state index contributed by atoms with van der Waals surface area (Å²) in [6.45, 7) is 2.07. The largest absolute Gasteiger partial charge is 0.494 e. The van der Waals surface area contributed by atoms with Gasteiger partial charge in [0.15, 0.2) is 11.6 Å². The maximum atomic E-state index is 14.6. The van der Waals surface area contributed by atoms with E-state index in [0.29, 0.717) is 77.2 Å². The number of nitrogens with two attached hydrogens (primary N) is 1. The third-order valence-electron chi connectivity index (χ3n) is 15.3. The van der Waals surface area contributed by atoms with Crippen LogP contribution in [0.3, 0.4) is 0 Å². The van der Waals surface area contributed by atoms with Gasteiger partial charge < -0.3 is 53.3 Å². The van der Waals surface area contributed by atoms with Crippen molar-refractivity contribution in [2.75, 3.05) is 39.2 Å². The molecule has 0 radical (unpaired) electrons. The van der Waals surface area contributed by atoms with Crippen LogP contribution >= 0.6 is 0 Å².